The van der Waals surface area contributed by atoms with Crippen molar-refractivity contribution in [2.24, 2.45) is 0 Å². The number of amides is 2. The Hall–Kier alpha value is -3.71. The molecule has 0 saturated carbocycles. The molecule has 2 amide bonds. The third-order valence-electron chi connectivity index (χ3n) is 4.47. The van der Waals surface area contributed by atoms with Crippen LogP contribution >= 0.6 is 12.2 Å². The summed E-state index contributed by atoms with van der Waals surface area (Å²) < 4.78 is 5.41. The molecule has 0 heterocycles. The number of aryl methyl sites for hydroxylation is 1. The number of nitrogens with one attached hydrogen (secondary N) is 3. The fourth-order valence-corrected chi connectivity index (χ4v) is 3.10. The molecule has 0 bridgehead atoms. The largest absolute Gasteiger partial charge is 0.484 e. The topological polar surface area (TPSA) is 79.5 Å². The van der Waals surface area contributed by atoms with Gasteiger partial charge < -0.3 is 10.1 Å². The quantitative estimate of drug-likeness (QED) is 0.411. The van der Waals surface area contributed by atoms with Crippen molar-refractivity contribution in [3.63, 3.8) is 0 Å². The van der Waals surface area contributed by atoms with Crippen molar-refractivity contribution in [1.82, 2.24) is 16.2 Å². The average Bonchev–Trinajstić information content (AvgIpc) is 2.79. The maximum atomic E-state index is 13.0. The fraction of sp³-hybridized carbons (Fsp3) is 0.125. The number of hydrogen-bond acceptors (Lipinski definition) is 4. The zero-order valence-electron chi connectivity index (χ0n) is 17.0. The molecule has 0 aliphatic carbocycles. The maximum Gasteiger partial charge on any atom is 0.276 e. The summed E-state index contributed by atoms with van der Waals surface area (Å²) in [5.41, 5.74) is 7.73. The van der Waals surface area contributed by atoms with Crippen molar-refractivity contribution in [1.29, 1.82) is 0 Å². The lowest BCUT2D eigenvalue weighted by atomic mass is 9.90. The van der Waals surface area contributed by atoms with Crippen molar-refractivity contribution < 1.29 is 14.3 Å². The van der Waals surface area contributed by atoms with E-state index in [4.69, 9.17) is 17.0 Å². The number of hydrogen-bond donors (Lipinski definition) is 3. The van der Waals surface area contributed by atoms with Crippen LogP contribution in [-0.4, -0.2) is 23.5 Å². The van der Waals surface area contributed by atoms with Crippen molar-refractivity contribution >= 4 is 29.1 Å². The smallest absolute Gasteiger partial charge is 0.276 e. The van der Waals surface area contributed by atoms with E-state index in [1.54, 1.807) is 12.1 Å². The highest BCUT2D eigenvalue weighted by molar-refractivity contribution is 7.80. The number of ether oxygens (including phenoxy) is 1. The molecule has 3 N–H and O–H groups in total. The van der Waals surface area contributed by atoms with Gasteiger partial charge in [-0.3, -0.25) is 20.4 Å². The van der Waals surface area contributed by atoms with Gasteiger partial charge in [-0.15, -0.1) is 0 Å². The lowest BCUT2D eigenvalue weighted by Gasteiger charge is -2.19. The summed E-state index contributed by atoms with van der Waals surface area (Å²) >= 11 is 5.16. The normalized spacial score (nSPS) is 10.3. The second-order valence-corrected chi connectivity index (χ2v) is 7.26. The molecule has 0 aromatic heterocycles. The molecule has 0 unspecified atom stereocenters. The van der Waals surface area contributed by atoms with Crippen LogP contribution in [0.5, 0.6) is 5.75 Å². The van der Waals surface area contributed by atoms with Crippen molar-refractivity contribution in [2.45, 2.75) is 12.8 Å². The Morgan fingerprint density at radius 2 is 1.39 bits per heavy atom. The molecule has 3 aromatic carbocycles. The Balaban J connectivity index is 1.54. The molecule has 3 rings (SSSR count). The minimum Gasteiger partial charge on any atom is -0.484 e. The van der Waals surface area contributed by atoms with Gasteiger partial charge >= 0.3 is 0 Å². The van der Waals surface area contributed by atoms with E-state index in [0.29, 0.717) is 5.75 Å². The van der Waals surface area contributed by atoms with Gasteiger partial charge in [0.1, 0.15) is 5.75 Å². The number of hydrazine groups is 1. The molecule has 0 fully saturated rings. The molecular weight excluding hydrogens is 410 g/mol. The highest BCUT2D eigenvalue weighted by atomic mass is 32.1. The summed E-state index contributed by atoms with van der Waals surface area (Å²) in [5, 5.41) is 2.63. The predicted molar refractivity (Wildman–Crippen MR) is 123 cm³/mol. The lowest BCUT2D eigenvalue weighted by molar-refractivity contribution is -0.124. The first-order valence-corrected chi connectivity index (χ1v) is 10.1. The Morgan fingerprint density at radius 1 is 0.839 bits per heavy atom. The molecule has 0 aliphatic heterocycles. The highest BCUT2D eigenvalue weighted by Gasteiger charge is 2.23. The molecule has 3 aromatic rings. The lowest BCUT2D eigenvalue weighted by Crippen LogP contribution is -2.50. The SMILES string of the molecule is Cc1ccc(OCC(=O)NNC(=S)NC(=O)C(c2ccccc2)c2ccccc2)cc1. The van der Waals surface area contributed by atoms with E-state index in [1.807, 2.05) is 79.7 Å². The van der Waals surface area contributed by atoms with Crippen LogP contribution in [0, 0.1) is 6.92 Å². The molecular formula is C24H23N3O3S. The van der Waals surface area contributed by atoms with E-state index in [9.17, 15) is 9.59 Å². The van der Waals surface area contributed by atoms with Crippen LogP contribution in [0.25, 0.3) is 0 Å². The van der Waals surface area contributed by atoms with E-state index in [1.165, 1.54) is 0 Å². The van der Waals surface area contributed by atoms with Crippen LogP contribution in [0.1, 0.15) is 22.6 Å². The number of carbonyl (C=O) groups excluding carboxylic acids is 2. The van der Waals surface area contributed by atoms with E-state index in [0.717, 1.165) is 16.7 Å². The zero-order chi connectivity index (χ0) is 22.1. The van der Waals surface area contributed by atoms with Gasteiger partial charge in [0.15, 0.2) is 11.7 Å². The van der Waals surface area contributed by atoms with Crippen LogP contribution in [-0.2, 0) is 9.59 Å². The number of thiocarbonyl (C=S) groups is 1. The molecule has 6 nitrogen and oxygen atoms in total. The van der Waals surface area contributed by atoms with Gasteiger partial charge in [-0.05, 0) is 42.4 Å². The Bertz CT molecular complexity index is 985. The summed E-state index contributed by atoms with van der Waals surface area (Å²) in [6, 6.07) is 26.2. The monoisotopic (exact) mass is 433 g/mol. The summed E-state index contributed by atoms with van der Waals surface area (Å²) in [4.78, 5) is 24.9. The Labute approximate surface area is 186 Å². The van der Waals surface area contributed by atoms with Crippen LogP contribution < -0.4 is 20.9 Å². The molecule has 0 aliphatic rings. The van der Waals surface area contributed by atoms with Gasteiger partial charge in [0.2, 0.25) is 5.91 Å². The fourth-order valence-electron chi connectivity index (χ4n) is 2.95. The van der Waals surface area contributed by atoms with E-state index in [-0.39, 0.29) is 17.6 Å². The van der Waals surface area contributed by atoms with Gasteiger partial charge in [0.25, 0.3) is 5.91 Å². The third kappa shape index (κ3) is 6.65. The number of benzene rings is 3. The van der Waals surface area contributed by atoms with E-state index >= 15 is 0 Å². The van der Waals surface area contributed by atoms with Gasteiger partial charge in [-0.1, -0.05) is 78.4 Å². The molecule has 31 heavy (non-hydrogen) atoms. The minimum absolute atomic E-state index is 0.00875. The van der Waals surface area contributed by atoms with Crippen molar-refractivity contribution in [3.8, 4) is 5.75 Å². The molecule has 7 heteroatoms. The van der Waals surface area contributed by atoms with Gasteiger partial charge in [0, 0.05) is 0 Å². The average molecular weight is 434 g/mol. The molecule has 158 valence electrons. The van der Waals surface area contributed by atoms with E-state index < -0.39 is 11.8 Å². The van der Waals surface area contributed by atoms with Crippen LogP contribution in [0.4, 0.5) is 0 Å². The molecule has 0 radical (unpaired) electrons. The molecule has 0 saturated heterocycles. The van der Waals surface area contributed by atoms with Gasteiger partial charge in [0.05, 0.1) is 5.92 Å². The standard InChI is InChI=1S/C24H23N3O3S/c1-17-12-14-20(15-13-17)30-16-21(28)26-27-24(31)25-23(29)22(18-8-4-2-5-9-18)19-10-6-3-7-11-19/h2-15,22H,16H2,1H3,(H,26,28)(H2,25,27,29,31). The van der Waals surface area contributed by atoms with Crippen LogP contribution in [0.3, 0.4) is 0 Å². The minimum atomic E-state index is -0.539. The third-order valence-corrected chi connectivity index (χ3v) is 4.68. The first-order valence-electron chi connectivity index (χ1n) is 9.72. The van der Waals surface area contributed by atoms with Crippen molar-refractivity contribution in [3.05, 3.63) is 102 Å². The summed E-state index contributed by atoms with van der Waals surface area (Å²) in [6.07, 6.45) is 0. The van der Waals surface area contributed by atoms with E-state index in [2.05, 4.69) is 16.2 Å². The Morgan fingerprint density at radius 3 is 1.94 bits per heavy atom. The predicted octanol–water partition coefficient (Wildman–Crippen LogP) is 3.23. The van der Waals surface area contributed by atoms with Crippen LogP contribution in [0.2, 0.25) is 0 Å². The van der Waals surface area contributed by atoms with Crippen molar-refractivity contribution in [2.75, 3.05) is 6.61 Å². The first-order chi connectivity index (χ1) is 15.0. The molecule has 0 spiro atoms. The summed E-state index contributed by atoms with van der Waals surface area (Å²) in [5.74, 6) is -0.687. The highest BCUT2D eigenvalue weighted by Crippen LogP contribution is 2.24. The zero-order valence-corrected chi connectivity index (χ0v) is 17.8. The Kier molecular flexibility index (Phi) is 7.73. The van der Waals surface area contributed by atoms with Crippen LogP contribution in [0.15, 0.2) is 84.9 Å². The van der Waals surface area contributed by atoms with Gasteiger partial charge in [-0.2, -0.15) is 0 Å². The maximum absolute atomic E-state index is 13.0. The number of rotatable bonds is 6. The second-order valence-electron chi connectivity index (χ2n) is 6.85. The summed E-state index contributed by atoms with van der Waals surface area (Å²) in [7, 11) is 0. The van der Waals surface area contributed by atoms with Gasteiger partial charge in [-0.25, -0.2) is 0 Å². The second kappa shape index (κ2) is 10.9. The number of carbonyl (C=O) groups is 2. The first kappa shape index (κ1) is 22.0. The summed E-state index contributed by atoms with van der Waals surface area (Å²) in [6.45, 7) is 1.78. The molecule has 0 atom stereocenters.